The Bertz CT molecular complexity index is 302. The summed E-state index contributed by atoms with van der Waals surface area (Å²) < 4.78 is 5.47. The van der Waals surface area contributed by atoms with Gasteiger partial charge in [-0.3, -0.25) is 9.59 Å². The van der Waals surface area contributed by atoms with Crippen molar-refractivity contribution in [2.75, 3.05) is 19.7 Å². The third kappa shape index (κ3) is 5.49. The second-order valence-corrected chi connectivity index (χ2v) is 5.76. The lowest BCUT2D eigenvalue weighted by atomic mass is 10.1. The van der Waals surface area contributed by atoms with E-state index in [1.165, 1.54) is 6.92 Å². The number of rotatable bonds is 3. The van der Waals surface area contributed by atoms with Crippen LogP contribution < -0.4 is 5.32 Å². The molecule has 0 bridgehead atoms. The molecule has 0 aromatic rings. The van der Waals surface area contributed by atoms with E-state index in [1.54, 1.807) is 0 Å². The fraction of sp³-hybridized carbons (Fsp3) is 0.846. The summed E-state index contributed by atoms with van der Waals surface area (Å²) in [6, 6.07) is 0.204. The Hall–Kier alpha value is -1.10. The summed E-state index contributed by atoms with van der Waals surface area (Å²) in [4.78, 5) is 24.6. The predicted octanol–water partition coefficient (Wildman–Crippen LogP) is 0.929. The first-order valence-electron chi connectivity index (χ1n) is 6.47. The van der Waals surface area contributed by atoms with Crippen LogP contribution in [0.4, 0.5) is 0 Å². The Morgan fingerprint density at radius 1 is 1.28 bits per heavy atom. The number of likely N-dealkylation sites (tertiary alicyclic amines) is 1. The largest absolute Gasteiger partial charge is 0.366 e. The molecule has 1 saturated heterocycles. The van der Waals surface area contributed by atoms with Crippen LogP contribution in [0.25, 0.3) is 0 Å². The Labute approximate surface area is 109 Å². The van der Waals surface area contributed by atoms with E-state index >= 15 is 0 Å². The Morgan fingerprint density at radius 2 is 1.83 bits per heavy atom. The van der Waals surface area contributed by atoms with Crippen molar-refractivity contribution in [2.45, 2.75) is 52.2 Å². The van der Waals surface area contributed by atoms with Gasteiger partial charge in [-0.25, -0.2) is 0 Å². The van der Waals surface area contributed by atoms with Gasteiger partial charge in [-0.15, -0.1) is 0 Å². The van der Waals surface area contributed by atoms with Gasteiger partial charge in [0.1, 0.15) is 6.61 Å². The van der Waals surface area contributed by atoms with Gasteiger partial charge < -0.3 is 15.0 Å². The summed E-state index contributed by atoms with van der Waals surface area (Å²) in [5, 5.41) is 2.89. The summed E-state index contributed by atoms with van der Waals surface area (Å²) >= 11 is 0. The van der Waals surface area contributed by atoms with Gasteiger partial charge in [0.2, 0.25) is 11.8 Å². The van der Waals surface area contributed by atoms with Gasteiger partial charge in [0, 0.05) is 26.1 Å². The third-order valence-electron chi connectivity index (χ3n) is 2.88. The normalized spacial score (nSPS) is 17.7. The van der Waals surface area contributed by atoms with E-state index in [4.69, 9.17) is 4.74 Å². The number of hydrogen-bond donors (Lipinski definition) is 1. The van der Waals surface area contributed by atoms with Gasteiger partial charge in [0.15, 0.2) is 0 Å². The van der Waals surface area contributed by atoms with Gasteiger partial charge in [0.05, 0.1) is 5.60 Å². The monoisotopic (exact) mass is 256 g/mol. The zero-order valence-corrected chi connectivity index (χ0v) is 11.8. The third-order valence-corrected chi connectivity index (χ3v) is 2.88. The maximum atomic E-state index is 11.9. The smallest absolute Gasteiger partial charge is 0.248 e. The van der Waals surface area contributed by atoms with E-state index in [0.717, 1.165) is 12.8 Å². The second kappa shape index (κ2) is 6.18. The molecule has 0 spiro atoms. The van der Waals surface area contributed by atoms with Gasteiger partial charge in [-0.05, 0) is 33.6 Å². The number of carbonyl (C=O) groups excluding carboxylic acids is 2. The SMILES string of the molecule is CC(=O)NC1CCN(C(=O)COC(C)(C)C)CC1. The van der Waals surface area contributed by atoms with Crippen molar-refractivity contribution >= 4 is 11.8 Å². The molecule has 0 aliphatic carbocycles. The van der Waals surface area contributed by atoms with Gasteiger partial charge in [-0.2, -0.15) is 0 Å². The molecule has 5 heteroatoms. The van der Waals surface area contributed by atoms with E-state index < -0.39 is 0 Å². The lowest BCUT2D eigenvalue weighted by molar-refractivity contribution is -0.142. The molecule has 1 rings (SSSR count). The van der Waals surface area contributed by atoms with E-state index in [1.807, 2.05) is 25.7 Å². The Kier molecular flexibility index (Phi) is 5.14. The van der Waals surface area contributed by atoms with Crippen LogP contribution in [0, 0.1) is 0 Å². The highest BCUT2D eigenvalue weighted by molar-refractivity contribution is 5.77. The van der Waals surface area contributed by atoms with Gasteiger partial charge in [0.25, 0.3) is 0 Å². The molecule has 0 atom stereocenters. The average Bonchev–Trinajstić information content (AvgIpc) is 2.25. The van der Waals surface area contributed by atoms with Gasteiger partial charge >= 0.3 is 0 Å². The first kappa shape index (κ1) is 15.0. The number of ether oxygens (including phenoxy) is 1. The summed E-state index contributed by atoms with van der Waals surface area (Å²) in [7, 11) is 0. The van der Waals surface area contributed by atoms with Crippen molar-refractivity contribution in [2.24, 2.45) is 0 Å². The van der Waals surface area contributed by atoms with Crippen LogP contribution in [0.15, 0.2) is 0 Å². The van der Waals surface area contributed by atoms with Crippen LogP contribution in [0.1, 0.15) is 40.5 Å². The van der Waals surface area contributed by atoms with Crippen LogP contribution in [0.3, 0.4) is 0 Å². The molecule has 1 aliphatic heterocycles. The predicted molar refractivity (Wildman–Crippen MR) is 69.1 cm³/mol. The maximum absolute atomic E-state index is 11.9. The van der Waals surface area contributed by atoms with Gasteiger partial charge in [-0.1, -0.05) is 0 Å². The minimum Gasteiger partial charge on any atom is -0.366 e. The van der Waals surface area contributed by atoms with E-state index in [0.29, 0.717) is 13.1 Å². The molecule has 0 unspecified atom stereocenters. The standard InChI is InChI=1S/C13H24N2O3/c1-10(16)14-11-5-7-15(8-6-11)12(17)9-18-13(2,3)4/h11H,5-9H2,1-4H3,(H,14,16). The fourth-order valence-corrected chi connectivity index (χ4v) is 1.93. The molecule has 18 heavy (non-hydrogen) atoms. The number of carbonyl (C=O) groups is 2. The molecular weight excluding hydrogens is 232 g/mol. The Balaban J connectivity index is 2.29. The van der Waals surface area contributed by atoms with E-state index in [2.05, 4.69) is 5.32 Å². The zero-order chi connectivity index (χ0) is 13.8. The summed E-state index contributed by atoms with van der Waals surface area (Å²) in [5.74, 6) is 0.0297. The molecule has 0 radical (unpaired) electrons. The molecule has 5 nitrogen and oxygen atoms in total. The van der Waals surface area contributed by atoms with Crippen LogP contribution in [-0.2, 0) is 14.3 Å². The summed E-state index contributed by atoms with van der Waals surface area (Å²) in [6.45, 7) is 8.84. The molecular formula is C13H24N2O3. The van der Waals surface area contributed by atoms with Crippen LogP contribution in [0.2, 0.25) is 0 Å². The highest BCUT2D eigenvalue weighted by Gasteiger charge is 2.24. The number of hydrogen-bond acceptors (Lipinski definition) is 3. The van der Waals surface area contributed by atoms with Crippen molar-refractivity contribution in [3.05, 3.63) is 0 Å². The molecule has 0 aromatic heterocycles. The number of piperidine rings is 1. The zero-order valence-electron chi connectivity index (χ0n) is 11.8. The molecule has 2 amide bonds. The molecule has 1 aliphatic rings. The van der Waals surface area contributed by atoms with Crippen LogP contribution >= 0.6 is 0 Å². The van der Waals surface area contributed by atoms with Crippen molar-refractivity contribution in [3.8, 4) is 0 Å². The molecule has 1 N–H and O–H groups in total. The first-order chi connectivity index (χ1) is 8.28. The minimum atomic E-state index is -0.288. The highest BCUT2D eigenvalue weighted by atomic mass is 16.5. The topological polar surface area (TPSA) is 58.6 Å². The van der Waals surface area contributed by atoms with Crippen LogP contribution in [0.5, 0.6) is 0 Å². The first-order valence-corrected chi connectivity index (χ1v) is 6.47. The Morgan fingerprint density at radius 3 is 2.28 bits per heavy atom. The summed E-state index contributed by atoms with van der Waals surface area (Å²) in [5.41, 5.74) is -0.288. The highest BCUT2D eigenvalue weighted by Crippen LogP contribution is 2.12. The molecule has 1 heterocycles. The average molecular weight is 256 g/mol. The quantitative estimate of drug-likeness (QED) is 0.817. The second-order valence-electron chi connectivity index (χ2n) is 5.76. The van der Waals surface area contributed by atoms with Crippen molar-refractivity contribution in [3.63, 3.8) is 0 Å². The van der Waals surface area contributed by atoms with E-state index in [9.17, 15) is 9.59 Å². The lowest BCUT2D eigenvalue weighted by Crippen LogP contribution is -2.47. The number of amides is 2. The molecule has 104 valence electrons. The maximum Gasteiger partial charge on any atom is 0.248 e. The summed E-state index contributed by atoms with van der Waals surface area (Å²) in [6.07, 6.45) is 1.64. The van der Waals surface area contributed by atoms with Crippen LogP contribution in [-0.4, -0.2) is 48.1 Å². The molecule has 1 fully saturated rings. The minimum absolute atomic E-state index is 0.00385. The van der Waals surface area contributed by atoms with Crippen molar-refractivity contribution in [1.82, 2.24) is 10.2 Å². The van der Waals surface area contributed by atoms with Crippen molar-refractivity contribution < 1.29 is 14.3 Å². The number of nitrogens with zero attached hydrogens (tertiary/aromatic N) is 1. The van der Waals surface area contributed by atoms with Crippen molar-refractivity contribution in [1.29, 1.82) is 0 Å². The fourth-order valence-electron chi connectivity index (χ4n) is 1.93. The molecule has 0 saturated carbocycles. The number of nitrogens with one attached hydrogen (secondary N) is 1. The van der Waals surface area contributed by atoms with E-state index in [-0.39, 0.29) is 30.1 Å². The lowest BCUT2D eigenvalue weighted by Gasteiger charge is -2.33. The molecule has 0 aromatic carbocycles.